The predicted octanol–water partition coefficient (Wildman–Crippen LogP) is 3.87. The zero-order valence-electron chi connectivity index (χ0n) is 19.1. The molecule has 2 N–H and O–H groups in total. The second-order valence-corrected chi connectivity index (χ2v) is 9.29. The van der Waals surface area contributed by atoms with E-state index in [4.69, 9.17) is 4.74 Å². The molecule has 1 aliphatic carbocycles. The Bertz CT molecular complexity index is 999. The Morgan fingerprint density at radius 1 is 0.969 bits per heavy atom. The molecular formula is C25H30N2O5. The number of rotatable bonds is 7. The number of nitrogens with zero attached hydrogens (tertiary/aromatic N) is 1. The summed E-state index contributed by atoms with van der Waals surface area (Å²) in [7, 11) is 1.45. The molecule has 2 aromatic carbocycles. The highest BCUT2D eigenvalue weighted by Gasteiger charge is 2.41. The zero-order chi connectivity index (χ0) is 23.7. The first-order valence-electron chi connectivity index (χ1n) is 10.6. The number of amides is 2. The lowest BCUT2D eigenvalue weighted by atomic mass is 9.89. The quantitative estimate of drug-likeness (QED) is 0.684. The van der Waals surface area contributed by atoms with Crippen LogP contribution in [0, 0.1) is 5.41 Å². The third-order valence-electron chi connectivity index (χ3n) is 6.26. The summed E-state index contributed by atoms with van der Waals surface area (Å²) >= 11 is 0. The number of fused-ring (bicyclic) bond motifs is 3. The Balaban J connectivity index is 1.61. The standard InChI is InChI=1S/C25H30N2O5/c1-24(2,21(28)27(5)25(3,4)22(29)30)15-26-23(31)32-14-20-18-12-8-6-10-16(18)17-11-7-9-13-19(17)20/h6-13,20H,14-15H2,1-5H3,(H,26,31)(H,29,30). The molecule has 7 nitrogen and oxygen atoms in total. The first-order valence-corrected chi connectivity index (χ1v) is 10.6. The molecule has 3 rings (SSSR count). The highest BCUT2D eigenvalue weighted by molar-refractivity contribution is 5.89. The summed E-state index contributed by atoms with van der Waals surface area (Å²) in [4.78, 5) is 37.9. The van der Waals surface area contributed by atoms with Crippen LogP contribution in [0.3, 0.4) is 0 Å². The fraction of sp³-hybridized carbons (Fsp3) is 0.400. The van der Waals surface area contributed by atoms with E-state index in [1.54, 1.807) is 13.8 Å². The molecule has 0 bridgehead atoms. The van der Waals surface area contributed by atoms with Crippen LogP contribution in [0.5, 0.6) is 0 Å². The van der Waals surface area contributed by atoms with Crippen LogP contribution in [-0.2, 0) is 14.3 Å². The van der Waals surface area contributed by atoms with Crippen LogP contribution < -0.4 is 5.32 Å². The Labute approximate surface area is 188 Å². The Kier molecular flexibility index (Phi) is 6.30. The van der Waals surface area contributed by atoms with Gasteiger partial charge in [-0.05, 0) is 49.9 Å². The Morgan fingerprint density at radius 2 is 1.47 bits per heavy atom. The van der Waals surface area contributed by atoms with E-state index in [2.05, 4.69) is 17.4 Å². The van der Waals surface area contributed by atoms with Crippen molar-refractivity contribution in [2.75, 3.05) is 20.2 Å². The van der Waals surface area contributed by atoms with Gasteiger partial charge in [0.1, 0.15) is 12.1 Å². The highest BCUT2D eigenvalue weighted by atomic mass is 16.5. The molecule has 1 aliphatic rings. The molecule has 2 aromatic rings. The number of alkyl carbamates (subject to hydrolysis) is 1. The molecule has 0 unspecified atom stereocenters. The number of carboxylic acids is 1. The number of hydrogen-bond acceptors (Lipinski definition) is 4. The van der Waals surface area contributed by atoms with E-state index in [9.17, 15) is 19.5 Å². The average Bonchev–Trinajstić information content (AvgIpc) is 3.09. The van der Waals surface area contributed by atoms with Crippen molar-refractivity contribution in [1.82, 2.24) is 10.2 Å². The number of carbonyl (C=O) groups is 3. The zero-order valence-corrected chi connectivity index (χ0v) is 19.1. The molecule has 0 aliphatic heterocycles. The van der Waals surface area contributed by atoms with Crippen LogP contribution in [0.25, 0.3) is 11.1 Å². The molecule has 32 heavy (non-hydrogen) atoms. The topological polar surface area (TPSA) is 95.9 Å². The lowest BCUT2D eigenvalue weighted by Gasteiger charge is -2.37. The molecule has 0 saturated heterocycles. The van der Waals surface area contributed by atoms with Crippen LogP contribution in [0.2, 0.25) is 0 Å². The van der Waals surface area contributed by atoms with Crippen molar-refractivity contribution in [2.24, 2.45) is 5.41 Å². The van der Waals surface area contributed by atoms with E-state index in [0.29, 0.717) is 0 Å². The van der Waals surface area contributed by atoms with Crippen LogP contribution in [0.1, 0.15) is 44.7 Å². The summed E-state index contributed by atoms with van der Waals surface area (Å²) < 4.78 is 5.51. The largest absolute Gasteiger partial charge is 0.480 e. The van der Waals surface area contributed by atoms with E-state index < -0.39 is 23.0 Å². The summed E-state index contributed by atoms with van der Waals surface area (Å²) in [6.45, 7) is 6.44. The van der Waals surface area contributed by atoms with Gasteiger partial charge in [0.25, 0.3) is 0 Å². The molecule has 170 valence electrons. The first-order chi connectivity index (χ1) is 15.0. The lowest BCUT2D eigenvalue weighted by Crippen LogP contribution is -2.56. The van der Waals surface area contributed by atoms with Crippen molar-refractivity contribution >= 4 is 18.0 Å². The summed E-state index contributed by atoms with van der Waals surface area (Å²) in [6.07, 6.45) is -0.618. The molecule has 0 atom stereocenters. The van der Waals surface area contributed by atoms with Crippen LogP contribution in [0.15, 0.2) is 48.5 Å². The van der Waals surface area contributed by atoms with Gasteiger partial charge in [-0.2, -0.15) is 0 Å². The van der Waals surface area contributed by atoms with Gasteiger partial charge in [-0.15, -0.1) is 0 Å². The number of likely N-dealkylation sites (N-methyl/N-ethyl adjacent to an activating group) is 1. The van der Waals surface area contributed by atoms with E-state index in [0.717, 1.165) is 22.3 Å². The van der Waals surface area contributed by atoms with Crippen molar-refractivity contribution in [3.63, 3.8) is 0 Å². The summed E-state index contributed by atoms with van der Waals surface area (Å²) in [5, 5.41) is 12.0. The van der Waals surface area contributed by atoms with E-state index in [1.807, 2.05) is 36.4 Å². The van der Waals surface area contributed by atoms with Gasteiger partial charge >= 0.3 is 12.1 Å². The normalized spacial score (nSPS) is 13.2. The number of nitrogens with one attached hydrogen (secondary N) is 1. The minimum absolute atomic E-state index is 0.0164. The van der Waals surface area contributed by atoms with E-state index in [1.165, 1.54) is 25.8 Å². The molecule has 0 spiro atoms. The highest BCUT2D eigenvalue weighted by Crippen LogP contribution is 2.44. The summed E-state index contributed by atoms with van der Waals surface area (Å²) in [6, 6.07) is 16.2. The molecule has 0 aromatic heterocycles. The number of carboxylic acid groups (broad SMARTS) is 1. The maximum absolute atomic E-state index is 12.8. The third-order valence-corrected chi connectivity index (χ3v) is 6.26. The lowest BCUT2D eigenvalue weighted by molar-refractivity contribution is -0.159. The van der Waals surface area contributed by atoms with E-state index in [-0.39, 0.29) is 25.0 Å². The smallest absolute Gasteiger partial charge is 0.407 e. The maximum atomic E-state index is 12.8. The van der Waals surface area contributed by atoms with Crippen LogP contribution in [0.4, 0.5) is 4.79 Å². The number of hydrogen-bond donors (Lipinski definition) is 2. The van der Waals surface area contributed by atoms with Crippen LogP contribution >= 0.6 is 0 Å². The maximum Gasteiger partial charge on any atom is 0.407 e. The fourth-order valence-electron chi connectivity index (χ4n) is 3.87. The fourth-order valence-corrected chi connectivity index (χ4v) is 3.87. The monoisotopic (exact) mass is 438 g/mol. The van der Waals surface area contributed by atoms with Gasteiger partial charge in [0.15, 0.2) is 0 Å². The molecular weight excluding hydrogens is 408 g/mol. The molecule has 2 amide bonds. The van der Waals surface area contributed by atoms with Gasteiger partial charge in [0, 0.05) is 19.5 Å². The van der Waals surface area contributed by atoms with Crippen molar-refractivity contribution in [1.29, 1.82) is 0 Å². The minimum atomic E-state index is -1.36. The van der Waals surface area contributed by atoms with Crippen molar-refractivity contribution < 1.29 is 24.2 Å². The number of ether oxygens (including phenoxy) is 1. The van der Waals surface area contributed by atoms with Crippen molar-refractivity contribution in [3.05, 3.63) is 59.7 Å². The number of carbonyl (C=O) groups excluding carboxylic acids is 2. The predicted molar refractivity (Wildman–Crippen MR) is 121 cm³/mol. The van der Waals surface area contributed by atoms with Gasteiger partial charge in [-0.25, -0.2) is 9.59 Å². The molecule has 0 fully saturated rings. The van der Waals surface area contributed by atoms with Crippen molar-refractivity contribution in [3.8, 4) is 11.1 Å². The first kappa shape index (κ1) is 23.3. The van der Waals surface area contributed by atoms with Crippen molar-refractivity contribution in [2.45, 2.75) is 39.2 Å². The second kappa shape index (κ2) is 8.65. The van der Waals surface area contributed by atoms with E-state index >= 15 is 0 Å². The van der Waals surface area contributed by atoms with Gasteiger partial charge in [-0.3, -0.25) is 4.79 Å². The molecule has 0 radical (unpaired) electrons. The average molecular weight is 439 g/mol. The van der Waals surface area contributed by atoms with Gasteiger partial charge in [0.2, 0.25) is 5.91 Å². The molecule has 0 saturated carbocycles. The Hall–Kier alpha value is -3.35. The second-order valence-electron chi connectivity index (χ2n) is 9.29. The molecule has 0 heterocycles. The summed E-state index contributed by atoms with van der Waals surface area (Å²) in [5.41, 5.74) is 2.16. The van der Waals surface area contributed by atoms with Crippen LogP contribution in [-0.4, -0.2) is 53.7 Å². The van der Waals surface area contributed by atoms with Gasteiger partial charge < -0.3 is 20.1 Å². The SMILES string of the molecule is CN(C(=O)C(C)(C)CNC(=O)OCC1c2ccccc2-c2ccccc21)C(C)(C)C(=O)O. The number of benzene rings is 2. The summed E-state index contributed by atoms with van der Waals surface area (Å²) in [5.74, 6) is -1.54. The molecule has 7 heteroatoms. The van der Waals surface area contributed by atoms with Gasteiger partial charge in [0.05, 0.1) is 5.41 Å². The minimum Gasteiger partial charge on any atom is -0.480 e. The van der Waals surface area contributed by atoms with Gasteiger partial charge in [-0.1, -0.05) is 48.5 Å². The third kappa shape index (κ3) is 4.33. The number of aliphatic carboxylic acids is 1. The Morgan fingerprint density at radius 3 is 1.97 bits per heavy atom.